The highest BCUT2D eigenvalue weighted by Gasteiger charge is 2.41. The normalized spacial score (nSPS) is 25.5. The van der Waals surface area contributed by atoms with Crippen molar-refractivity contribution in [1.82, 2.24) is 0 Å². The highest BCUT2D eigenvalue weighted by molar-refractivity contribution is 5.72. The van der Waals surface area contributed by atoms with E-state index in [9.17, 15) is 4.79 Å². The van der Waals surface area contributed by atoms with Crippen molar-refractivity contribution in [3.05, 3.63) is 0 Å². The molecule has 0 heterocycles. The van der Waals surface area contributed by atoms with Crippen LogP contribution in [-0.4, -0.2) is 38.0 Å². The van der Waals surface area contributed by atoms with E-state index < -0.39 is 0 Å². The molecule has 31 heavy (non-hydrogen) atoms. The lowest BCUT2D eigenvalue weighted by atomic mass is 9.67. The van der Waals surface area contributed by atoms with E-state index in [1.54, 1.807) is 0 Å². The second-order valence-electron chi connectivity index (χ2n) is 11.0. The predicted molar refractivity (Wildman–Crippen MR) is 127 cm³/mol. The van der Waals surface area contributed by atoms with Gasteiger partial charge in [0.2, 0.25) is 0 Å². The summed E-state index contributed by atoms with van der Waals surface area (Å²) in [6.45, 7) is 11.0. The van der Waals surface area contributed by atoms with Gasteiger partial charge in [0.05, 0.1) is 37.9 Å². The molecule has 2 saturated carbocycles. The smallest absolute Gasteiger partial charge is 0.308 e. The van der Waals surface area contributed by atoms with Crippen LogP contribution in [0.5, 0.6) is 0 Å². The molecule has 182 valence electrons. The first-order valence-electron chi connectivity index (χ1n) is 13.3. The Morgan fingerprint density at radius 2 is 1.48 bits per heavy atom. The van der Waals surface area contributed by atoms with Crippen molar-refractivity contribution in [2.24, 2.45) is 17.3 Å². The lowest BCUT2D eigenvalue weighted by molar-refractivity contribution is -0.154. The summed E-state index contributed by atoms with van der Waals surface area (Å²) in [5.41, 5.74) is 0.118. The van der Waals surface area contributed by atoms with E-state index >= 15 is 0 Å². The van der Waals surface area contributed by atoms with Crippen molar-refractivity contribution in [3.63, 3.8) is 0 Å². The van der Waals surface area contributed by atoms with E-state index in [1.165, 1.54) is 64.2 Å². The Balaban J connectivity index is 1.68. The fourth-order valence-electron chi connectivity index (χ4n) is 5.29. The van der Waals surface area contributed by atoms with Gasteiger partial charge in [-0.3, -0.25) is 4.79 Å². The van der Waals surface area contributed by atoms with E-state index in [-0.39, 0.29) is 23.4 Å². The highest BCUT2D eigenvalue weighted by atomic mass is 16.5. The number of hydrogen-bond donors (Lipinski definition) is 0. The average Bonchev–Trinajstić information content (AvgIpc) is 2.76. The number of ether oxygens (including phenoxy) is 3. The first-order valence-corrected chi connectivity index (χ1v) is 13.3. The zero-order valence-electron chi connectivity index (χ0n) is 21.0. The lowest BCUT2D eigenvalue weighted by Crippen LogP contribution is -2.42. The summed E-state index contributed by atoms with van der Waals surface area (Å²) in [4.78, 5) is 12.7. The fourth-order valence-corrected chi connectivity index (χ4v) is 5.29. The first kappa shape index (κ1) is 26.6. The number of hydrogen-bond acceptors (Lipinski definition) is 4. The Hall–Kier alpha value is -0.610. The van der Waals surface area contributed by atoms with Crippen molar-refractivity contribution in [2.75, 3.05) is 19.8 Å². The van der Waals surface area contributed by atoms with Gasteiger partial charge < -0.3 is 14.2 Å². The van der Waals surface area contributed by atoms with Gasteiger partial charge in [-0.05, 0) is 49.9 Å². The maximum Gasteiger partial charge on any atom is 0.308 e. The molecule has 0 aromatic carbocycles. The molecule has 0 aromatic heterocycles. The minimum absolute atomic E-state index is 0.0156. The van der Waals surface area contributed by atoms with Crippen LogP contribution in [0, 0.1) is 17.3 Å². The molecule has 2 rings (SSSR count). The summed E-state index contributed by atoms with van der Waals surface area (Å²) in [5, 5.41) is 0. The van der Waals surface area contributed by atoms with Crippen LogP contribution in [0.4, 0.5) is 0 Å². The molecular formula is C27H50O4. The third-order valence-corrected chi connectivity index (χ3v) is 7.30. The Kier molecular flexibility index (Phi) is 12.5. The summed E-state index contributed by atoms with van der Waals surface area (Å²) in [6.07, 6.45) is 17.0. The molecule has 0 aliphatic heterocycles. The van der Waals surface area contributed by atoms with Gasteiger partial charge in [0.15, 0.2) is 0 Å². The van der Waals surface area contributed by atoms with E-state index in [1.807, 2.05) is 0 Å². The van der Waals surface area contributed by atoms with E-state index in [0.29, 0.717) is 31.8 Å². The second-order valence-corrected chi connectivity index (χ2v) is 11.0. The van der Waals surface area contributed by atoms with Crippen LogP contribution in [0.3, 0.4) is 0 Å². The molecule has 0 radical (unpaired) electrons. The van der Waals surface area contributed by atoms with Crippen LogP contribution in [0.2, 0.25) is 0 Å². The summed E-state index contributed by atoms with van der Waals surface area (Å²) in [7, 11) is 0. The zero-order valence-corrected chi connectivity index (χ0v) is 21.0. The Morgan fingerprint density at radius 1 is 0.806 bits per heavy atom. The van der Waals surface area contributed by atoms with Gasteiger partial charge in [-0.15, -0.1) is 0 Å². The van der Waals surface area contributed by atoms with Crippen molar-refractivity contribution in [1.29, 1.82) is 0 Å². The molecule has 2 aliphatic carbocycles. The second kappa shape index (κ2) is 14.5. The molecular weight excluding hydrogens is 388 g/mol. The minimum atomic E-state index is 0.0156. The molecule has 4 heteroatoms. The van der Waals surface area contributed by atoms with Gasteiger partial charge in [0, 0.05) is 0 Å². The van der Waals surface area contributed by atoms with Crippen LogP contribution in [0.15, 0.2) is 0 Å². The molecule has 3 atom stereocenters. The number of carbonyl (C=O) groups is 1. The zero-order chi connectivity index (χ0) is 22.5. The molecule has 0 saturated heterocycles. The number of unbranched alkanes of at least 4 members (excludes halogenated alkanes) is 5. The van der Waals surface area contributed by atoms with Gasteiger partial charge in [0.25, 0.3) is 0 Å². The van der Waals surface area contributed by atoms with Crippen LogP contribution in [-0.2, 0) is 19.0 Å². The van der Waals surface area contributed by atoms with Gasteiger partial charge in [-0.1, -0.05) is 79.1 Å². The molecule has 0 amide bonds. The van der Waals surface area contributed by atoms with Crippen molar-refractivity contribution >= 4 is 5.97 Å². The number of esters is 1. The molecule has 2 fully saturated rings. The largest absolute Gasteiger partial charge is 0.465 e. The molecule has 3 unspecified atom stereocenters. The standard InChI is InChI=1S/C27H50O4/c1-5-6-7-8-9-13-18-31-26(28)22-16-17-25(24(21-22)27(2,3)4)30-20-19-29-23-14-11-10-12-15-23/h22-25H,5-21H2,1-4H3. The average molecular weight is 439 g/mol. The lowest BCUT2D eigenvalue weighted by Gasteiger charge is -2.42. The summed E-state index contributed by atoms with van der Waals surface area (Å²) < 4.78 is 18.0. The monoisotopic (exact) mass is 438 g/mol. The molecule has 0 bridgehead atoms. The predicted octanol–water partition coefficient (Wildman–Crippen LogP) is 7.09. The first-order chi connectivity index (χ1) is 14.9. The molecule has 0 aromatic rings. The number of rotatable bonds is 13. The van der Waals surface area contributed by atoms with E-state index in [4.69, 9.17) is 14.2 Å². The molecule has 2 aliphatic rings. The highest BCUT2D eigenvalue weighted by Crippen LogP contribution is 2.42. The maximum atomic E-state index is 12.7. The Bertz CT molecular complexity index is 478. The van der Waals surface area contributed by atoms with Crippen LogP contribution < -0.4 is 0 Å². The van der Waals surface area contributed by atoms with Crippen LogP contribution in [0.25, 0.3) is 0 Å². The van der Waals surface area contributed by atoms with Crippen molar-refractivity contribution in [2.45, 2.75) is 130 Å². The summed E-state index contributed by atoms with van der Waals surface area (Å²) >= 11 is 0. The maximum absolute atomic E-state index is 12.7. The Morgan fingerprint density at radius 3 is 2.19 bits per heavy atom. The summed E-state index contributed by atoms with van der Waals surface area (Å²) in [5.74, 6) is 0.423. The third-order valence-electron chi connectivity index (χ3n) is 7.30. The SMILES string of the molecule is CCCCCCCCOC(=O)C1CCC(OCCOC2CCCCC2)C(C(C)(C)C)C1. The quantitative estimate of drug-likeness (QED) is 0.227. The van der Waals surface area contributed by atoms with Gasteiger partial charge in [0.1, 0.15) is 0 Å². The van der Waals surface area contributed by atoms with Crippen molar-refractivity contribution in [3.8, 4) is 0 Å². The van der Waals surface area contributed by atoms with Gasteiger partial charge >= 0.3 is 5.97 Å². The van der Waals surface area contributed by atoms with Gasteiger partial charge in [-0.25, -0.2) is 0 Å². The minimum Gasteiger partial charge on any atom is -0.465 e. The van der Waals surface area contributed by atoms with E-state index in [2.05, 4.69) is 27.7 Å². The van der Waals surface area contributed by atoms with E-state index in [0.717, 1.165) is 25.7 Å². The van der Waals surface area contributed by atoms with Gasteiger partial charge in [-0.2, -0.15) is 0 Å². The van der Waals surface area contributed by atoms with Crippen LogP contribution in [0.1, 0.15) is 118 Å². The molecule has 0 spiro atoms. The topological polar surface area (TPSA) is 44.8 Å². The fraction of sp³-hybridized carbons (Fsp3) is 0.963. The molecule has 4 nitrogen and oxygen atoms in total. The van der Waals surface area contributed by atoms with Crippen LogP contribution >= 0.6 is 0 Å². The summed E-state index contributed by atoms with van der Waals surface area (Å²) in [6, 6.07) is 0. The Labute approximate surface area is 192 Å². The van der Waals surface area contributed by atoms with Crippen molar-refractivity contribution < 1.29 is 19.0 Å². The third kappa shape index (κ3) is 10.2. The number of carbonyl (C=O) groups excluding carboxylic acids is 1. The molecule has 0 N–H and O–H groups in total.